The number of amides is 1. The van der Waals surface area contributed by atoms with E-state index in [4.69, 9.17) is 5.73 Å². The summed E-state index contributed by atoms with van der Waals surface area (Å²) in [6.07, 6.45) is 3.50. The van der Waals surface area contributed by atoms with Crippen LogP contribution < -0.4 is 11.1 Å². The Hall–Kier alpha value is -2.20. The maximum Gasteiger partial charge on any atom is 0.234 e. The van der Waals surface area contributed by atoms with Crippen molar-refractivity contribution in [3.63, 3.8) is 0 Å². The zero-order valence-corrected chi connectivity index (χ0v) is 12.4. The SMILES string of the molecule is CC(C)C(NC(c1ccccc1)c1ccncc1)C(N)=O. The highest BCUT2D eigenvalue weighted by Gasteiger charge is 2.24. The van der Waals surface area contributed by atoms with Crippen LogP contribution in [-0.2, 0) is 4.79 Å². The van der Waals surface area contributed by atoms with Gasteiger partial charge in [-0.1, -0.05) is 44.2 Å². The number of hydrogen-bond acceptors (Lipinski definition) is 3. The Balaban J connectivity index is 2.35. The quantitative estimate of drug-likeness (QED) is 0.854. The Morgan fingerprint density at radius 3 is 2.14 bits per heavy atom. The highest BCUT2D eigenvalue weighted by atomic mass is 16.1. The topological polar surface area (TPSA) is 68.0 Å². The lowest BCUT2D eigenvalue weighted by atomic mass is 9.95. The predicted octanol–water partition coefficient (Wildman–Crippen LogP) is 2.27. The molecule has 21 heavy (non-hydrogen) atoms. The molecule has 0 fully saturated rings. The van der Waals surface area contributed by atoms with Crippen molar-refractivity contribution in [1.82, 2.24) is 10.3 Å². The molecule has 2 aromatic rings. The van der Waals surface area contributed by atoms with E-state index in [2.05, 4.69) is 10.3 Å². The highest BCUT2D eigenvalue weighted by molar-refractivity contribution is 5.80. The third-order valence-corrected chi connectivity index (χ3v) is 3.49. The molecule has 0 spiro atoms. The zero-order valence-electron chi connectivity index (χ0n) is 12.4. The molecule has 2 rings (SSSR count). The van der Waals surface area contributed by atoms with Crippen LogP contribution in [0.4, 0.5) is 0 Å². The fourth-order valence-electron chi connectivity index (χ4n) is 2.37. The number of primary amides is 1. The summed E-state index contributed by atoms with van der Waals surface area (Å²) in [6.45, 7) is 3.97. The van der Waals surface area contributed by atoms with Gasteiger partial charge in [-0.15, -0.1) is 0 Å². The first-order valence-corrected chi connectivity index (χ1v) is 7.10. The van der Waals surface area contributed by atoms with E-state index < -0.39 is 0 Å². The van der Waals surface area contributed by atoms with E-state index in [1.165, 1.54) is 0 Å². The maximum absolute atomic E-state index is 11.7. The van der Waals surface area contributed by atoms with Gasteiger partial charge < -0.3 is 5.73 Å². The van der Waals surface area contributed by atoms with Crippen molar-refractivity contribution in [1.29, 1.82) is 0 Å². The average Bonchev–Trinajstić information content (AvgIpc) is 2.49. The van der Waals surface area contributed by atoms with Crippen LogP contribution in [0.2, 0.25) is 0 Å². The van der Waals surface area contributed by atoms with Crippen molar-refractivity contribution in [2.75, 3.05) is 0 Å². The van der Waals surface area contributed by atoms with Crippen molar-refractivity contribution < 1.29 is 4.79 Å². The molecule has 2 unspecified atom stereocenters. The van der Waals surface area contributed by atoms with Gasteiger partial charge in [-0.2, -0.15) is 0 Å². The smallest absolute Gasteiger partial charge is 0.234 e. The van der Waals surface area contributed by atoms with Crippen LogP contribution in [0.25, 0.3) is 0 Å². The minimum absolute atomic E-state index is 0.0888. The minimum atomic E-state index is -0.386. The van der Waals surface area contributed by atoms with Crippen LogP contribution in [-0.4, -0.2) is 16.9 Å². The molecule has 0 saturated carbocycles. The number of benzene rings is 1. The highest BCUT2D eigenvalue weighted by Crippen LogP contribution is 2.23. The summed E-state index contributed by atoms with van der Waals surface area (Å²) in [7, 11) is 0. The van der Waals surface area contributed by atoms with Crippen molar-refractivity contribution in [2.45, 2.75) is 25.9 Å². The number of aromatic nitrogens is 1. The third kappa shape index (κ3) is 3.89. The van der Waals surface area contributed by atoms with Gasteiger partial charge in [-0.05, 0) is 29.2 Å². The molecular weight excluding hydrogens is 262 g/mol. The zero-order chi connectivity index (χ0) is 15.2. The molecule has 0 aliphatic rings. The summed E-state index contributed by atoms with van der Waals surface area (Å²) in [5.41, 5.74) is 7.68. The van der Waals surface area contributed by atoms with Crippen LogP contribution in [0, 0.1) is 5.92 Å². The van der Waals surface area contributed by atoms with E-state index in [-0.39, 0.29) is 23.9 Å². The number of carbonyl (C=O) groups excluding carboxylic acids is 1. The van der Waals surface area contributed by atoms with E-state index in [1.54, 1.807) is 12.4 Å². The van der Waals surface area contributed by atoms with Gasteiger partial charge in [0.05, 0.1) is 12.1 Å². The number of nitrogens with two attached hydrogens (primary N) is 1. The Labute approximate surface area is 125 Å². The van der Waals surface area contributed by atoms with Gasteiger partial charge in [0.25, 0.3) is 0 Å². The van der Waals surface area contributed by atoms with Crippen LogP contribution in [0.1, 0.15) is 31.0 Å². The molecular formula is C17H21N3O. The largest absolute Gasteiger partial charge is 0.368 e. The van der Waals surface area contributed by atoms with Gasteiger partial charge in [-0.3, -0.25) is 15.1 Å². The van der Waals surface area contributed by atoms with Crippen LogP contribution >= 0.6 is 0 Å². The Morgan fingerprint density at radius 1 is 1.05 bits per heavy atom. The van der Waals surface area contributed by atoms with E-state index >= 15 is 0 Å². The van der Waals surface area contributed by atoms with E-state index in [0.29, 0.717) is 0 Å². The molecule has 2 atom stereocenters. The van der Waals surface area contributed by atoms with Gasteiger partial charge in [0.1, 0.15) is 0 Å². The molecule has 0 radical (unpaired) electrons. The first-order valence-electron chi connectivity index (χ1n) is 7.10. The van der Waals surface area contributed by atoms with E-state index in [1.807, 2.05) is 56.3 Å². The standard InChI is InChI=1S/C17H21N3O/c1-12(2)15(17(18)21)20-16(13-6-4-3-5-7-13)14-8-10-19-11-9-14/h3-12,15-16,20H,1-2H3,(H2,18,21). The number of pyridine rings is 1. The van der Waals surface area contributed by atoms with E-state index in [0.717, 1.165) is 11.1 Å². The molecule has 4 nitrogen and oxygen atoms in total. The minimum Gasteiger partial charge on any atom is -0.368 e. The summed E-state index contributed by atoms with van der Waals surface area (Å²) in [4.78, 5) is 15.7. The monoisotopic (exact) mass is 283 g/mol. The Morgan fingerprint density at radius 2 is 1.62 bits per heavy atom. The van der Waals surface area contributed by atoms with Crippen LogP contribution in [0.15, 0.2) is 54.9 Å². The molecule has 0 bridgehead atoms. The summed E-state index contributed by atoms with van der Waals surface area (Å²) in [6, 6.07) is 13.4. The maximum atomic E-state index is 11.7. The third-order valence-electron chi connectivity index (χ3n) is 3.49. The van der Waals surface area contributed by atoms with Gasteiger partial charge in [0, 0.05) is 12.4 Å². The first-order chi connectivity index (χ1) is 10.1. The number of rotatable bonds is 6. The summed E-state index contributed by atoms with van der Waals surface area (Å²) in [5, 5.41) is 3.38. The van der Waals surface area contributed by atoms with E-state index in [9.17, 15) is 4.79 Å². The normalized spacial score (nSPS) is 13.9. The molecule has 1 aromatic heterocycles. The van der Waals surface area contributed by atoms with Gasteiger partial charge in [0.2, 0.25) is 5.91 Å². The summed E-state index contributed by atoms with van der Waals surface area (Å²) >= 11 is 0. The fraction of sp³-hybridized carbons (Fsp3) is 0.294. The lowest BCUT2D eigenvalue weighted by Gasteiger charge is -2.27. The predicted molar refractivity (Wildman–Crippen MR) is 83.5 cm³/mol. The molecule has 110 valence electrons. The van der Waals surface area contributed by atoms with Crippen molar-refractivity contribution in [3.05, 3.63) is 66.0 Å². The van der Waals surface area contributed by atoms with Crippen molar-refractivity contribution in [2.24, 2.45) is 11.7 Å². The van der Waals surface area contributed by atoms with Gasteiger partial charge in [-0.25, -0.2) is 0 Å². The molecule has 1 heterocycles. The fourth-order valence-corrected chi connectivity index (χ4v) is 2.37. The lowest BCUT2D eigenvalue weighted by molar-refractivity contribution is -0.121. The van der Waals surface area contributed by atoms with Crippen molar-refractivity contribution >= 4 is 5.91 Å². The molecule has 4 heteroatoms. The number of nitrogens with one attached hydrogen (secondary N) is 1. The number of carbonyl (C=O) groups is 1. The van der Waals surface area contributed by atoms with Crippen LogP contribution in [0.3, 0.4) is 0 Å². The molecule has 0 aliphatic heterocycles. The number of hydrogen-bond donors (Lipinski definition) is 2. The molecule has 1 amide bonds. The van der Waals surface area contributed by atoms with Gasteiger partial charge >= 0.3 is 0 Å². The van der Waals surface area contributed by atoms with Crippen LogP contribution in [0.5, 0.6) is 0 Å². The van der Waals surface area contributed by atoms with Gasteiger partial charge in [0.15, 0.2) is 0 Å². The molecule has 0 saturated heterocycles. The second-order valence-electron chi connectivity index (χ2n) is 5.41. The summed E-state index contributed by atoms with van der Waals surface area (Å²) < 4.78 is 0. The van der Waals surface area contributed by atoms with Crippen molar-refractivity contribution in [3.8, 4) is 0 Å². The average molecular weight is 283 g/mol. The first kappa shape index (κ1) is 15.2. The molecule has 1 aromatic carbocycles. The second kappa shape index (κ2) is 6.99. The number of nitrogens with zero attached hydrogens (tertiary/aromatic N) is 1. The lowest BCUT2D eigenvalue weighted by Crippen LogP contribution is -2.46. The Kier molecular flexibility index (Phi) is 5.06. The second-order valence-corrected chi connectivity index (χ2v) is 5.41. The molecule has 3 N–H and O–H groups in total. The molecule has 0 aliphatic carbocycles. The summed E-state index contributed by atoms with van der Waals surface area (Å²) in [5.74, 6) is -0.212. The Bertz CT molecular complexity index is 530.